The molecule has 2 aromatic carbocycles. The van der Waals surface area contributed by atoms with Crippen molar-refractivity contribution in [2.75, 3.05) is 6.54 Å². The molecule has 0 unspecified atom stereocenters. The van der Waals surface area contributed by atoms with E-state index in [2.05, 4.69) is 5.32 Å². The Morgan fingerprint density at radius 2 is 1.96 bits per heavy atom. The van der Waals surface area contributed by atoms with Crippen LogP contribution in [-0.2, 0) is 22.6 Å². The van der Waals surface area contributed by atoms with Crippen molar-refractivity contribution in [1.29, 1.82) is 0 Å². The van der Waals surface area contributed by atoms with Crippen LogP contribution in [0.25, 0.3) is 0 Å². The number of rotatable bonds is 5. The van der Waals surface area contributed by atoms with Crippen molar-refractivity contribution >= 4 is 23.4 Å². The Balaban J connectivity index is 1.53. The fourth-order valence-corrected chi connectivity index (χ4v) is 3.16. The van der Waals surface area contributed by atoms with Gasteiger partial charge in [-0.3, -0.25) is 9.59 Å². The van der Waals surface area contributed by atoms with E-state index in [0.717, 1.165) is 11.1 Å². The Labute approximate surface area is 150 Å². The lowest BCUT2D eigenvalue weighted by molar-refractivity contribution is -0.128. The number of hydrogen-bond donors (Lipinski definition) is 1. The molecule has 0 radical (unpaired) electrons. The molecule has 1 N–H and O–H groups in total. The molecule has 0 spiro atoms. The van der Waals surface area contributed by atoms with Crippen LogP contribution in [0.5, 0.6) is 0 Å². The predicted octanol–water partition coefficient (Wildman–Crippen LogP) is 2.94. The summed E-state index contributed by atoms with van der Waals surface area (Å²) in [5.41, 5.74) is 1.69. The zero-order valence-electron chi connectivity index (χ0n) is 13.5. The number of carbonyl (C=O) groups excluding carboxylic acids is 2. The summed E-state index contributed by atoms with van der Waals surface area (Å²) in [4.78, 5) is 26.0. The number of hydrogen-bond acceptors (Lipinski definition) is 2. The standard InChI is InChI=1S/C19H18ClFN2O2/c20-15-3-1-2-14(8-15)9-18(24)22-17-10-19(25)23(12-17)11-13-4-6-16(21)7-5-13/h1-8,17H,9-12H2,(H,22,24)/t17-/m1/s1. The second-order valence-electron chi connectivity index (χ2n) is 6.18. The van der Waals surface area contributed by atoms with Crippen LogP contribution in [-0.4, -0.2) is 29.3 Å². The highest BCUT2D eigenvalue weighted by Gasteiger charge is 2.30. The van der Waals surface area contributed by atoms with Crippen LogP contribution in [0, 0.1) is 5.82 Å². The van der Waals surface area contributed by atoms with Gasteiger partial charge >= 0.3 is 0 Å². The van der Waals surface area contributed by atoms with Crippen LogP contribution < -0.4 is 5.32 Å². The van der Waals surface area contributed by atoms with Crippen molar-refractivity contribution in [2.45, 2.75) is 25.4 Å². The molecular formula is C19H18ClFN2O2. The molecule has 0 aliphatic carbocycles. The molecular weight excluding hydrogens is 343 g/mol. The van der Waals surface area contributed by atoms with Crippen LogP contribution in [0.3, 0.4) is 0 Å². The van der Waals surface area contributed by atoms with Crippen molar-refractivity contribution in [3.63, 3.8) is 0 Å². The lowest BCUT2D eigenvalue weighted by Gasteiger charge is -2.17. The fraction of sp³-hybridized carbons (Fsp3) is 0.263. The third-order valence-electron chi connectivity index (χ3n) is 4.12. The summed E-state index contributed by atoms with van der Waals surface area (Å²) in [7, 11) is 0. The average Bonchev–Trinajstić information content (AvgIpc) is 2.88. The molecule has 25 heavy (non-hydrogen) atoms. The van der Waals surface area contributed by atoms with E-state index in [1.807, 2.05) is 6.07 Å². The average molecular weight is 361 g/mol. The SMILES string of the molecule is O=C(Cc1cccc(Cl)c1)N[C@@H]1CC(=O)N(Cc2ccc(F)cc2)C1. The van der Waals surface area contributed by atoms with Crippen molar-refractivity contribution < 1.29 is 14.0 Å². The minimum absolute atomic E-state index is 0.0163. The fourth-order valence-electron chi connectivity index (χ4n) is 2.94. The maximum atomic E-state index is 12.9. The van der Waals surface area contributed by atoms with Crippen molar-refractivity contribution in [2.24, 2.45) is 0 Å². The molecule has 6 heteroatoms. The van der Waals surface area contributed by atoms with E-state index in [4.69, 9.17) is 11.6 Å². The molecule has 4 nitrogen and oxygen atoms in total. The second kappa shape index (κ2) is 7.66. The van der Waals surface area contributed by atoms with Gasteiger partial charge in [-0.25, -0.2) is 4.39 Å². The van der Waals surface area contributed by atoms with E-state index in [-0.39, 0.29) is 36.5 Å². The van der Waals surface area contributed by atoms with Crippen molar-refractivity contribution in [1.82, 2.24) is 10.2 Å². The van der Waals surface area contributed by atoms with Gasteiger partial charge < -0.3 is 10.2 Å². The number of likely N-dealkylation sites (tertiary alicyclic amines) is 1. The lowest BCUT2D eigenvalue weighted by Crippen LogP contribution is -2.37. The number of nitrogens with zero attached hydrogens (tertiary/aromatic N) is 1. The Morgan fingerprint density at radius 1 is 1.20 bits per heavy atom. The maximum absolute atomic E-state index is 12.9. The first kappa shape index (κ1) is 17.4. The third-order valence-corrected chi connectivity index (χ3v) is 4.36. The summed E-state index contributed by atoms with van der Waals surface area (Å²) in [5, 5.41) is 3.49. The van der Waals surface area contributed by atoms with Crippen molar-refractivity contribution in [3.05, 3.63) is 70.5 Å². The normalized spacial score (nSPS) is 17.0. The van der Waals surface area contributed by atoms with Gasteiger partial charge in [0, 0.05) is 24.5 Å². The Kier molecular flexibility index (Phi) is 5.34. The highest BCUT2D eigenvalue weighted by molar-refractivity contribution is 6.30. The molecule has 1 fully saturated rings. The van der Waals surface area contributed by atoms with Crippen LogP contribution in [0.1, 0.15) is 17.5 Å². The largest absolute Gasteiger partial charge is 0.351 e. The minimum Gasteiger partial charge on any atom is -0.351 e. The molecule has 0 bridgehead atoms. The van der Waals surface area contributed by atoms with Gasteiger partial charge in [-0.15, -0.1) is 0 Å². The first-order chi connectivity index (χ1) is 12.0. The zero-order valence-corrected chi connectivity index (χ0v) is 14.3. The molecule has 1 atom stereocenters. The van der Waals surface area contributed by atoms with E-state index in [1.54, 1.807) is 35.2 Å². The van der Waals surface area contributed by atoms with Crippen molar-refractivity contribution in [3.8, 4) is 0 Å². The molecule has 1 saturated heterocycles. The predicted molar refractivity (Wildman–Crippen MR) is 93.5 cm³/mol. The van der Waals surface area contributed by atoms with Gasteiger partial charge in [-0.2, -0.15) is 0 Å². The summed E-state index contributed by atoms with van der Waals surface area (Å²) in [5.74, 6) is -0.455. The number of benzene rings is 2. The van der Waals surface area contributed by atoms with Gasteiger partial charge in [-0.05, 0) is 35.4 Å². The molecule has 130 valence electrons. The van der Waals surface area contributed by atoms with Gasteiger partial charge in [0.15, 0.2) is 0 Å². The minimum atomic E-state index is -0.303. The van der Waals surface area contributed by atoms with E-state index < -0.39 is 0 Å². The Hall–Kier alpha value is -2.40. The van der Waals surface area contributed by atoms with Gasteiger partial charge in [0.05, 0.1) is 12.5 Å². The number of carbonyl (C=O) groups is 2. The monoisotopic (exact) mass is 360 g/mol. The summed E-state index contributed by atoms with van der Waals surface area (Å²) < 4.78 is 12.9. The highest BCUT2D eigenvalue weighted by Crippen LogP contribution is 2.16. The van der Waals surface area contributed by atoms with E-state index in [1.165, 1.54) is 12.1 Å². The smallest absolute Gasteiger partial charge is 0.225 e. The Morgan fingerprint density at radius 3 is 2.68 bits per heavy atom. The van der Waals surface area contributed by atoms with Crippen LogP contribution in [0.2, 0.25) is 5.02 Å². The van der Waals surface area contributed by atoms with Crippen LogP contribution >= 0.6 is 11.6 Å². The topological polar surface area (TPSA) is 49.4 Å². The molecule has 1 aliphatic heterocycles. The molecule has 0 aromatic heterocycles. The molecule has 3 rings (SSSR count). The molecule has 2 amide bonds. The van der Waals surface area contributed by atoms with E-state index in [0.29, 0.717) is 18.1 Å². The van der Waals surface area contributed by atoms with Gasteiger partial charge in [0.2, 0.25) is 11.8 Å². The number of halogens is 2. The summed E-state index contributed by atoms with van der Waals surface area (Å²) >= 11 is 5.92. The quantitative estimate of drug-likeness (QED) is 0.891. The maximum Gasteiger partial charge on any atom is 0.225 e. The van der Waals surface area contributed by atoms with Gasteiger partial charge in [0.25, 0.3) is 0 Å². The number of amides is 2. The third kappa shape index (κ3) is 4.79. The first-order valence-electron chi connectivity index (χ1n) is 8.05. The molecule has 2 aromatic rings. The molecule has 1 aliphatic rings. The number of nitrogens with one attached hydrogen (secondary N) is 1. The van der Waals surface area contributed by atoms with Gasteiger partial charge in [0.1, 0.15) is 5.82 Å². The zero-order chi connectivity index (χ0) is 17.8. The lowest BCUT2D eigenvalue weighted by atomic mass is 10.1. The van der Waals surface area contributed by atoms with Gasteiger partial charge in [-0.1, -0.05) is 35.9 Å². The molecule has 0 saturated carbocycles. The molecule has 1 heterocycles. The highest BCUT2D eigenvalue weighted by atomic mass is 35.5. The second-order valence-corrected chi connectivity index (χ2v) is 6.61. The first-order valence-corrected chi connectivity index (χ1v) is 8.43. The van der Waals surface area contributed by atoms with Crippen LogP contribution in [0.4, 0.5) is 4.39 Å². The van der Waals surface area contributed by atoms with Crippen LogP contribution in [0.15, 0.2) is 48.5 Å². The Bertz CT molecular complexity index is 779. The summed E-state index contributed by atoms with van der Waals surface area (Å²) in [6.45, 7) is 0.872. The van der Waals surface area contributed by atoms with E-state index in [9.17, 15) is 14.0 Å². The summed E-state index contributed by atoms with van der Waals surface area (Å²) in [6, 6.07) is 13.0. The summed E-state index contributed by atoms with van der Waals surface area (Å²) in [6.07, 6.45) is 0.506. The van der Waals surface area contributed by atoms with E-state index >= 15 is 0 Å².